The van der Waals surface area contributed by atoms with E-state index in [0.717, 1.165) is 37.6 Å². The maximum absolute atomic E-state index is 13.9. The number of carbonyl (C=O) groups is 1. The molecule has 5 rings (SSSR count). The lowest BCUT2D eigenvalue weighted by molar-refractivity contribution is 0.102. The zero-order chi connectivity index (χ0) is 32.0. The molecule has 2 heterocycles. The SMILES string of the molecule is CC(C)(C)[Si](C)(C)OCCC#Cc1sc(-c2ccc(F)cc2)c(-c2ccncc2)c1-c1ccc(NC(=O)c2ccccc2)cc1. The van der Waals surface area contributed by atoms with Gasteiger partial charge in [-0.1, -0.05) is 75.1 Å². The van der Waals surface area contributed by atoms with Gasteiger partial charge in [0.2, 0.25) is 0 Å². The lowest BCUT2D eigenvalue weighted by Gasteiger charge is -2.35. The summed E-state index contributed by atoms with van der Waals surface area (Å²) in [6.07, 6.45) is 4.17. The van der Waals surface area contributed by atoms with E-state index in [1.807, 2.05) is 66.7 Å². The van der Waals surface area contributed by atoms with Crippen LogP contribution in [0.5, 0.6) is 0 Å². The second-order valence-electron chi connectivity index (χ2n) is 12.3. The second kappa shape index (κ2) is 13.7. The molecular formula is C38H37FN2O2SSi. The average Bonchev–Trinajstić information content (AvgIpc) is 3.41. The van der Waals surface area contributed by atoms with Crippen molar-refractivity contribution in [3.63, 3.8) is 0 Å². The maximum Gasteiger partial charge on any atom is 0.255 e. The molecule has 3 aromatic carbocycles. The minimum absolute atomic E-state index is 0.136. The summed E-state index contributed by atoms with van der Waals surface area (Å²) in [5.41, 5.74) is 6.16. The van der Waals surface area contributed by atoms with Gasteiger partial charge in [-0.15, -0.1) is 11.3 Å². The van der Waals surface area contributed by atoms with Gasteiger partial charge in [0.25, 0.3) is 5.91 Å². The highest BCUT2D eigenvalue weighted by Gasteiger charge is 2.36. The van der Waals surface area contributed by atoms with Crippen molar-refractivity contribution in [2.75, 3.05) is 11.9 Å². The highest BCUT2D eigenvalue weighted by molar-refractivity contribution is 7.17. The smallest absolute Gasteiger partial charge is 0.255 e. The maximum atomic E-state index is 13.9. The molecule has 1 amide bonds. The van der Waals surface area contributed by atoms with E-state index in [1.165, 1.54) is 12.1 Å². The number of thiophene rings is 1. The normalized spacial score (nSPS) is 11.5. The Labute approximate surface area is 270 Å². The van der Waals surface area contributed by atoms with Gasteiger partial charge < -0.3 is 9.74 Å². The molecule has 228 valence electrons. The number of nitrogens with one attached hydrogen (secondary N) is 1. The van der Waals surface area contributed by atoms with Crippen molar-refractivity contribution in [2.45, 2.75) is 45.3 Å². The van der Waals surface area contributed by atoms with Crippen LogP contribution in [-0.4, -0.2) is 25.8 Å². The van der Waals surface area contributed by atoms with E-state index >= 15 is 0 Å². The number of aromatic nitrogens is 1. The Hall–Kier alpha value is -4.35. The van der Waals surface area contributed by atoms with Crippen LogP contribution in [0.1, 0.15) is 42.4 Å². The topological polar surface area (TPSA) is 51.2 Å². The molecule has 5 aromatic rings. The third kappa shape index (κ3) is 7.66. The number of hydrogen-bond acceptors (Lipinski definition) is 4. The van der Waals surface area contributed by atoms with E-state index in [4.69, 9.17) is 4.43 Å². The van der Waals surface area contributed by atoms with Crippen molar-refractivity contribution in [1.29, 1.82) is 0 Å². The molecule has 0 saturated heterocycles. The molecule has 0 spiro atoms. The molecule has 1 N–H and O–H groups in total. The highest BCUT2D eigenvalue weighted by Crippen LogP contribution is 2.48. The number of halogens is 1. The number of carbonyl (C=O) groups excluding carboxylic acids is 1. The zero-order valence-electron chi connectivity index (χ0n) is 26.3. The molecule has 7 heteroatoms. The molecule has 0 aliphatic rings. The van der Waals surface area contributed by atoms with E-state index in [9.17, 15) is 9.18 Å². The minimum atomic E-state index is -1.87. The molecule has 0 radical (unpaired) electrons. The molecule has 2 aromatic heterocycles. The van der Waals surface area contributed by atoms with Crippen LogP contribution in [-0.2, 0) is 4.43 Å². The van der Waals surface area contributed by atoms with Gasteiger partial charge in [-0.3, -0.25) is 9.78 Å². The largest absolute Gasteiger partial charge is 0.416 e. The van der Waals surface area contributed by atoms with E-state index in [0.29, 0.717) is 24.3 Å². The number of nitrogens with zero attached hydrogens (tertiary/aromatic N) is 1. The Kier molecular flexibility index (Phi) is 9.79. The zero-order valence-corrected chi connectivity index (χ0v) is 28.1. The Morgan fingerprint density at radius 3 is 2.13 bits per heavy atom. The molecule has 0 atom stereocenters. The minimum Gasteiger partial charge on any atom is -0.416 e. The first-order valence-electron chi connectivity index (χ1n) is 15.0. The molecular weight excluding hydrogens is 596 g/mol. The van der Waals surface area contributed by atoms with Crippen molar-refractivity contribution in [2.24, 2.45) is 0 Å². The van der Waals surface area contributed by atoms with E-state index in [1.54, 1.807) is 35.9 Å². The van der Waals surface area contributed by atoms with Crippen LogP contribution in [0.15, 0.2) is 103 Å². The second-order valence-corrected chi connectivity index (χ2v) is 18.1. The predicted octanol–water partition coefficient (Wildman–Crippen LogP) is 10.3. The van der Waals surface area contributed by atoms with Crippen molar-refractivity contribution in [3.05, 3.63) is 120 Å². The average molecular weight is 633 g/mol. The van der Waals surface area contributed by atoms with Gasteiger partial charge in [-0.25, -0.2) is 4.39 Å². The number of benzene rings is 3. The van der Waals surface area contributed by atoms with Gasteiger partial charge in [0.1, 0.15) is 5.82 Å². The van der Waals surface area contributed by atoms with Crippen LogP contribution in [0.4, 0.5) is 10.1 Å². The fraction of sp³-hybridized carbons (Fsp3) is 0.211. The van der Waals surface area contributed by atoms with Crippen LogP contribution >= 0.6 is 11.3 Å². The predicted molar refractivity (Wildman–Crippen MR) is 187 cm³/mol. The molecule has 0 unspecified atom stereocenters. The molecule has 0 aliphatic carbocycles. The monoisotopic (exact) mass is 632 g/mol. The van der Waals surface area contributed by atoms with Crippen molar-refractivity contribution in [1.82, 2.24) is 4.98 Å². The number of rotatable bonds is 8. The van der Waals surface area contributed by atoms with Gasteiger partial charge in [0.05, 0.1) is 4.88 Å². The fourth-order valence-corrected chi connectivity index (χ4v) is 6.89. The van der Waals surface area contributed by atoms with Crippen molar-refractivity contribution < 1.29 is 13.6 Å². The van der Waals surface area contributed by atoms with Gasteiger partial charge >= 0.3 is 0 Å². The van der Waals surface area contributed by atoms with E-state index < -0.39 is 8.32 Å². The van der Waals surface area contributed by atoms with Crippen LogP contribution in [0.2, 0.25) is 18.1 Å². The first-order valence-corrected chi connectivity index (χ1v) is 18.7. The molecule has 45 heavy (non-hydrogen) atoms. The lowest BCUT2D eigenvalue weighted by Crippen LogP contribution is -2.40. The van der Waals surface area contributed by atoms with Crippen LogP contribution in [0.25, 0.3) is 32.7 Å². The van der Waals surface area contributed by atoms with Crippen LogP contribution in [0, 0.1) is 17.7 Å². The third-order valence-electron chi connectivity index (χ3n) is 8.15. The van der Waals surface area contributed by atoms with Gasteiger partial charge in [-0.2, -0.15) is 0 Å². The van der Waals surface area contributed by atoms with Gasteiger partial charge in [0, 0.05) is 52.7 Å². The highest BCUT2D eigenvalue weighted by atomic mass is 32.1. The Morgan fingerprint density at radius 2 is 1.49 bits per heavy atom. The summed E-state index contributed by atoms with van der Waals surface area (Å²) in [7, 11) is -1.87. The lowest BCUT2D eigenvalue weighted by atomic mass is 9.93. The summed E-state index contributed by atoms with van der Waals surface area (Å²) < 4.78 is 20.3. The number of amides is 1. The summed E-state index contributed by atoms with van der Waals surface area (Å²) in [6.45, 7) is 11.8. The van der Waals surface area contributed by atoms with Gasteiger partial charge in [0.15, 0.2) is 8.32 Å². The fourth-order valence-electron chi connectivity index (χ4n) is 4.62. The number of pyridine rings is 1. The Bertz CT molecular complexity index is 1820. The summed E-state index contributed by atoms with van der Waals surface area (Å²) >= 11 is 1.60. The van der Waals surface area contributed by atoms with E-state index in [-0.39, 0.29) is 16.8 Å². The molecule has 0 saturated carbocycles. The summed E-state index contributed by atoms with van der Waals surface area (Å²) in [5, 5.41) is 3.12. The van der Waals surface area contributed by atoms with Crippen molar-refractivity contribution >= 4 is 31.2 Å². The van der Waals surface area contributed by atoms with Gasteiger partial charge in [-0.05, 0) is 83.4 Å². The Morgan fingerprint density at radius 1 is 0.867 bits per heavy atom. The van der Waals surface area contributed by atoms with E-state index in [2.05, 4.69) is 56.0 Å². The first-order chi connectivity index (χ1) is 21.5. The molecule has 0 fully saturated rings. The quantitative estimate of drug-likeness (QED) is 0.105. The third-order valence-corrected chi connectivity index (χ3v) is 13.8. The summed E-state index contributed by atoms with van der Waals surface area (Å²) in [5.74, 6) is 6.39. The Balaban J connectivity index is 1.55. The summed E-state index contributed by atoms with van der Waals surface area (Å²) in [6, 6.07) is 27.5. The molecule has 0 bridgehead atoms. The molecule has 4 nitrogen and oxygen atoms in total. The standard InChI is InChI=1S/C38H37FN2O2SSi/c1-38(2,3)45(4,5)43-26-10-9-13-33-34(27-16-20-32(21-17-27)41-37(42)30-11-7-6-8-12-30)35(28-22-24-40-25-23-28)36(44-33)29-14-18-31(39)19-15-29/h6-8,11-12,14-25H,10,26H2,1-5H3,(H,41,42). The van der Waals surface area contributed by atoms with Crippen LogP contribution < -0.4 is 5.32 Å². The van der Waals surface area contributed by atoms with Crippen LogP contribution in [0.3, 0.4) is 0 Å². The summed E-state index contributed by atoms with van der Waals surface area (Å²) in [4.78, 5) is 18.9. The molecule has 0 aliphatic heterocycles. The van der Waals surface area contributed by atoms with Crippen molar-refractivity contribution in [3.8, 4) is 44.5 Å². The number of hydrogen-bond donors (Lipinski definition) is 1. The number of anilines is 1. The first kappa shape index (κ1) is 32.1.